The lowest BCUT2D eigenvalue weighted by molar-refractivity contribution is 0.655. The number of fused-ring (bicyclic) bond motifs is 1. The molecule has 1 aliphatic rings. The molecule has 6 nitrogen and oxygen atoms in total. The predicted octanol–water partition coefficient (Wildman–Crippen LogP) is 4.48. The Morgan fingerprint density at radius 1 is 1.16 bits per heavy atom. The average Bonchev–Trinajstić information content (AvgIpc) is 3.15. The monoisotopic (exact) mass is 478 g/mol. The molecule has 9 heteroatoms. The van der Waals surface area contributed by atoms with Crippen molar-refractivity contribution in [3.63, 3.8) is 0 Å². The Balaban J connectivity index is 1.80. The van der Waals surface area contributed by atoms with Crippen molar-refractivity contribution < 1.29 is 0 Å². The highest BCUT2D eigenvalue weighted by molar-refractivity contribution is 9.11. The van der Waals surface area contributed by atoms with Gasteiger partial charge in [0.2, 0.25) is 0 Å². The van der Waals surface area contributed by atoms with E-state index in [1.165, 1.54) is 11.5 Å². The van der Waals surface area contributed by atoms with Crippen LogP contribution in [0.4, 0.5) is 5.69 Å². The SMILES string of the molecule is CC(c1nccnc1-c1ncsn1)N1CN=Cc2cc(Br)cc(Br)c21. The Kier molecular flexibility index (Phi) is 4.61. The maximum absolute atomic E-state index is 4.57. The van der Waals surface area contributed by atoms with Crippen LogP contribution in [0.15, 0.2) is 44.0 Å². The van der Waals surface area contributed by atoms with Crippen molar-refractivity contribution in [1.82, 2.24) is 19.3 Å². The number of nitrogens with zero attached hydrogens (tertiary/aromatic N) is 6. The molecular weight excluding hydrogens is 468 g/mol. The van der Waals surface area contributed by atoms with Gasteiger partial charge in [-0.25, -0.2) is 9.97 Å². The van der Waals surface area contributed by atoms with Crippen LogP contribution in [0.25, 0.3) is 11.5 Å². The molecule has 0 saturated carbocycles. The number of hydrogen-bond donors (Lipinski definition) is 0. The molecule has 25 heavy (non-hydrogen) atoms. The molecule has 3 heterocycles. The van der Waals surface area contributed by atoms with Crippen LogP contribution in [0.2, 0.25) is 0 Å². The van der Waals surface area contributed by atoms with E-state index in [0.29, 0.717) is 18.2 Å². The quantitative estimate of drug-likeness (QED) is 0.554. The maximum Gasteiger partial charge on any atom is 0.193 e. The minimum atomic E-state index is -0.0409. The third-order valence-electron chi connectivity index (χ3n) is 3.97. The van der Waals surface area contributed by atoms with Gasteiger partial charge in [0.25, 0.3) is 0 Å². The molecule has 0 saturated heterocycles. The predicted molar refractivity (Wildman–Crippen MR) is 106 cm³/mol. The van der Waals surface area contributed by atoms with Gasteiger partial charge in [-0.3, -0.25) is 9.98 Å². The first-order valence-corrected chi connectivity index (χ1v) is 9.90. The van der Waals surface area contributed by atoms with E-state index < -0.39 is 0 Å². The molecule has 1 unspecified atom stereocenters. The highest BCUT2D eigenvalue weighted by Gasteiger charge is 2.27. The number of aromatic nitrogens is 4. The van der Waals surface area contributed by atoms with Crippen LogP contribution in [-0.2, 0) is 0 Å². The Hall–Kier alpha value is -1.71. The first-order valence-electron chi connectivity index (χ1n) is 7.48. The molecule has 0 N–H and O–H groups in total. The molecule has 1 aliphatic heterocycles. The summed E-state index contributed by atoms with van der Waals surface area (Å²) in [6.45, 7) is 2.65. The molecule has 3 aromatic rings. The molecule has 0 fully saturated rings. The molecule has 4 rings (SSSR count). The molecule has 1 aromatic carbocycles. The summed E-state index contributed by atoms with van der Waals surface area (Å²) in [5.41, 5.74) is 5.39. The Labute approximate surface area is 165 Å². The van der Waals surface area contributed by atoms with Gasteiger partial charge >= 0.3 is 0 Å². The second-order valence-corrected chi connectivity index (χ2v) is 7.84. The summed E-state index contributed by atoms with van der Waals surface area (Å²) in [6.07, 6.45) is 5.27. The maximum atomic E-state index is 4.57. The van der Waals surface area contributed by atoms with Crippen LogP contribution >= 0.6 is 43.4 Å². The van der Waals surface area contributed by atoms with Crippen LogP contribution < -0.4 is 4.90 Å². The third-order valence-corrected chi connectivity index (χ3v) is 5.51. The molecule has 0 radical (unpaired) electrons. The smallest absolute Gasteiger partial charge is 0.193 e. The second-order valence-electron chi connectivity index (χ2n) is 5.47. The number of halogens is 2. The molecule has 0 bridgehead atoms. The van der Waals surface area contributed by atoms with Gasteiger partial charge < -0.3 is 4.90 Å². The minimum Gasteiger partial charge on any atom is -0.342 e. The fourth-order valence-electron chi connectivity index (χ4n) is 2.85. The highest BCUT2D eigenvalue weighted by atomic mass is 79.9. The van der Waals surface area contributed by atoms with E-state index in [-0.39, 0.29) is 6.04 Å². The Morgan fingerprint density at radius 3 is 2.80 bits per heavy atom. The summed E-state index contributed by atoms with van der Waals surface area (Å²) in [7, 11) is 0. The van der Waals surface area contributed by atoms with Crippen LogP contribution in [0.5, 0.6) is 0 Å². The zero-order valence-corrected chi connectivity index (χ0v) is 17.1. The van der Waals surface area contributed by atoms with Crippen LogP contribution in [0, 0.1) is 0 Å². The minimum absolute atomic E-state index is 0.0409. The zero-order chi connectivity index (χ0) is 17.4. The van der Waals surface area contributed by atoms with Crippen molar-refractivity contribution in [3.8, 4) is 11.5 Å². The van der Waals surface area contributed by atoms with Crippen molar-refractivity contribution >= 4 is 55.3 Å². The number of rotatable bonds is 3. The summed E-state index contributed by atoms with van der Waals surface area (Å²) in [5.74, 6) is 0.607. The van der Waals surface area contributed by atoms with Gasteiger partial charge in [-0.2, -0.15) is 4.37 Å². The molecule has 0 spiro atoms. The largest absolute Gasteiger partial charge is 0.342 e. The van der Waals surface area contributed by atoms with Gasteiger partial charge in [0, 0.05) is 33.1 Å². The number of benzene rings is 1. The van der Waals surface area contributed by atoms with Gasteiger partial charge in [-0.15, -0.1) is 0 Å². The van der Waals surface area contributed by atoms with Gasteiger partial charge in [-0.1, -0.05) is 15.9 Å². The van der Waals surface area contributed by atoms with Crippen LogP contribution in [0.3, 0.4) is 0 Å². The zero-order valence-electron chi connectivity index (χ0n) is 13.1. The van der Waals surface area contributed by atoms with E-state index in [1.807, 2.05) is 12.3 Å². The first-order chi connectivity index (χ1) is 12.1. The standard InChI is InChI=1S/C16H12Br2N6S/c1-9(13-14(21-3-2-20-13)16-22-8-25-23-16)24-7-19-6-10-4-11(17)5-12(18)15(10)24/h2-6,8-9H,7H2,1H3. The first kappa shape index (κ1) is 16.7. The van der Waals surface area contributed by atoms with Crippen molar-refractivity contribution in [3.05, 3.63) is 50.2 Å². The summed E-state index contributed by atoms with van der Waals surface area (Å²) < 4.78 is 6.32. The summed E-state index contributed by atoms with van der Waals surface area (Å²) in [4.78, 5) is 20.0. The van der Waals surface area contributed by atoms with E-state index in [4.69, 9.17) is 0 Å². The van der Waals surface area contributed by atoms with E-state index in [1.54, 1.807) is 17.9 Å². The fourth-order valence-corrected chi connectivity index (χ4v) is 4.76. The molecule has 126 valence electrons. The highest BCUT2D eigenvalue weighted by Crippen LogP contribution is 2.39. The van der Waals surface area contributed by atoms with E-state index in [9.17, 15) is 0 Å². The molecule has 2 aromatic heterocycles. The lowest BCUT2D eigenvalue weighted by Crippen LogP contribution is -2.31. The Morgan fingerprint density at radius 2 is 2.00 bits per heavy atom. The summed E-state index contributed by atoms with van der Waals surface area (Å²) in [5, 5.41) is 0. The summed E-state index contributed by atoms with van der Waals surface area (Å²) >= 11 is 8.52. The molecule has 1 atom stereocenters. The fraction of sp³-hybridized carbons (Fsp3) is 0.188. The topological polar surface area (TPSA) is 67.2 Å². The van der Waals surface area contributed by atoms with Crippen molar-refractivity contribution in [2.45, 2.75) is 13.0 Å². The van der Waals surface area contributed by atoms with Crippen molar-refractivity contribution in [1.29, 1.82) is 0 Å². The molecular formula is C16H12Br2N6S. The van der Waals surface area contributed by atoms with Gasteiger partial charge in [0.1, 0.15) is 17.9 Å². The van der Waals surface area contributed by atoms with Crippen molar-refractivity contribution in [2.24, 2.45) is 4.99 Å². The van der Waals surface area contributed by atoms with Crippen LogP contribution in [-0.4, -0.2) is 32.2 Å². The van der Waals surface area contributed by atoms with Gasteiger partial charge in [-0.05, 0) is 46.5 Å². The second kappa shape index (κ2) is 6.89. The van der Waals surface area contributed by atoms with E-state index >= 15 is 0 Å². The van der Waals surface area contributed by atoms with Gasteiger partial charge in [0.15, 0.2) is 5.82 Å². The van der Waals surface area contributed by atoms with E-state index in [0.717, 1.165) is 25.9 Å². The normalized spacial score (nSPS) is 14.4. The van der Waals surface area contributed by atoms with E-state index in [2.05, 4.69) is 74.1 Å². The lowest BCUT2D eigenvalue weighted by atomic mass is 10.1. The summed E-state index contributed by atoms with van der Waals surface area (Å²) in [6, 6.07) is 4.06. The Bertz CT molecular complexity index is 944. The van der Waals surface area contributed by atoms with Crippen molar-refractivity contribution in [2.75, 3.05) is 11.6 Å². The number of anilines is 1. The lowest BCUT2D eigenvalue weighted by Gasteiger charge is -2.34. The number of hydrogen-bond acceptors (Lipinski definition) is 7. The average molecular weight is 480 g/mol. The molecule has 0 amide bonds. The third kappa shape index (κ3) is 3.11. The van der Waals surface area contributed by atoms with Gasteiger partial charge in [0.05, 0.1) is 17.4 Å². The van der Waals surface area contributed by atoms with Crippen LogP contribution in [0.1, 0.15) is 24.2 Å². The molecule has 0 aliphatic carbocycles. The number of aliphatic imine (C=N–C) groups is 1.